The third-order valence-corrected chi connectivity index (χ3v) is 3.42. The number of nitrogens with one attached hydrogen (secondary N) is 1. The maximum atomic E-state index is 11.5. The fraction of sp³-hybridized carbons (Fsp3) is 0.111. The van der Waals surface area contributed by atoms with Gasteiger partial charge in [-0.15, -0.1) is 0 Å². The Morgan fingerprint density at radius 1 is 1.23 bits per heavy atom. The maximum Gasteiger partial charge on any atom is 0.262 e. The summed E-state index contributed by atoms with van der Waals surface area (Å²) >= 11 is 0. The van der Waals surface area contributed by atoms with Crippen LogP contribution in [0.3, 0.4) is 0 Å². The van der Waals surface area contributed by atoms with Crippen LogP contribution < -0.4 is 4.72 Å². The molecule has 1 N–H and O–H groups in total. The van der Waals surface area contributed by atoms with Crippen LogP contribution in [0.25, 0.3) is 6.08 Å². The summed E-state index contributed by atoms with van der Waals surface area (Å²) in [5.74, 6) is 0. The van der Waals surface area contributed by atoms with Crippen molar-refractivity contribution in [1.82, 2.24) is 4.72 Å². The lowest BCUT2D eigenvalue weighted by molar-refractivity contribution is 0.587. The highest BCUT2D eigenvalue weighted by atomic mass is 32.2. The molecule has 3 nitrogen and oxygen atoms in total. The van der Waals surface area contributed by atoms with E-state index in [0.717, 1.165) is 5.56 Å². The van der Waals surface area contributed by atoms with E-state index in [1.165, 1.54) is 0 Å². The summed E-state index contributed by atoms with van der Waals surface area (Å²) in [4.78, 5) is 0.348. The lowest BCUT2D eigenvalue weighted by Gasteiger charge is -2.15. The van der Waals surface area contributed by atoms with Crippen LogP contribution in [0.2, 0.25) is 0 Å². The van der Waals surface area contributed by atoms with Crippen molar-refractivity contribution in [3.63, 3.8) is 0 Å². The van der Waals surface area contributed by atoms with Crippen LogP contribution in [0.4, 0.5) is 0 Å². The summed E-state index contributed by atoms with van der Waals surface area (Å²) in [6, 6.07) is 6.92. The van der Waals surface area contributed by atoms with Gasteiger partial charge in [-0.2, -0.15) is 0 Å². The predicted molar refractivity (Wildman–Crippen MR) is 50.4 cm³/mol. The number of rotatable bonds is 0. The zero-order valence-corrected chi connectivity index (χ0v) is 7.93. The molecule has 0 radical (unpaired) electrons. The molecule has 13 heavy (non-hydrogen) atoms. The van der Waals surface area contributed by atoms with Crippen molar-refractivity contribution in [2.45, 2.75) is 11.8 Å². The van der Waals surface area contributed by atoms with Gasteiger partial charge < -0.3 is 0 Å². The van der Waals surface area contributed by atoms with Gasteiger partial charge in [0.1, 0.15) is 0 Å². The van der Waals surface area contributed by atoms with Gasteiger partial charge in [0.2, 0.25) is 0 Å². The van der Waals surface area contributed by atoms with Crippen molar-refractivity contribution in [1.29, 1.82) is 0 Å². The molecule has 4 heteroatoms. The van der Waals surface area contributed by atoms with E-state index in [1.807, 2.05) is 12.1 Å². The molecule has 1 heterocycles. The Morgan fingerprint density at radius 3 is 2.69 bits per heavy atom. The Balaban J connectivity index is 2.76. The summed E-state index contributed by atoms with van der Waals surface area (Å²) in [5.41, 5.74) is 1.40. The highest BCUT2D eigenvalue weighted by molar-refractivity contribution is 7.89. The molecule has 2 rings (SSSR count). The Bertz CT molecular complexity index is 474. The summed E-state index contributed by atoms with van der Waals surface area (Å²) in [5, 5.41) is 0. The van der Waals surface area contributed by atoms with Gasteiger partial charge in [0.05, 0.1) is 4.90 Å². The minimum atomic E-state index is -3.31. The second-order valence-electron chi connectivity index (χ2n) is 2.97. The van der Waals surface area contributed by atoms with Crippen LogP contribution in [0, 0.1) is 0 Å². The van der Waals surface area contributed by atoms with Crippen LogP contribution in [0.15, 0.2) is 34.9 Å². The van der Waals surface area contributed by atoms with E-state index in [2.05, 4.69) is 4.72 Å². The number of hydrogen-bond acceptors (Lipinski definition) is 2. The highest BCUT2D eigenvalue weighted by Gasteiger charge is 2.20. The minimum Gasteiger partial charge on any atom is -0.284 e. The first kappa shape index (κ1) is 8.31. The van der Waals surface area contributed by atoms with Crippen molar-refractivity contribution >= 4 is 16.1 Å². The molecule has 0 unspecified atom stereocenters. The molecule has 0 amide bonds. The average molecular weight is 195 g/mol. The second kappa shape index (κ2) is 2.60. The van der Waals surface area contributed by atoms with Gasteiger partial charge in [0, 0.05) is 5.70 Å². The fourth-order valence-corrected chi connectivity index (χ4v) is 2.66. The van der Waals surface area contributed by atoms with E-state index in [-0.39, 0.29) is 0 Å². The molecule has 0 bridgehead atoms. The van der Waals surface area contributed by atoms with Gasteiger partial charge in [0.25, 0.3) is 10.0 Å². The average Bonchev–Trinajstić information content (AvgIpc) is 2.02. The highest BCUT2D eigenvalue weighted by Crippen LogP contribution is 2.22. The number of sulfonamides is 1. The predicted octanol–water partition coefficient (Wildman–Crippen LogP) is 1.34. The first-order valence-electron chi connectivity index (χ1n) is 3.90. The molecule has 0 saturated heterocycles. The fourth-order valence-electron chi connectivity index (χ4n) is 1.37. The zero-order chi connectivity index (χ0) is 9.47. The van der Waals surface area contributed by atoms with Gasteiger partial charge >= 0.3 is 0 Å². The van der Waals surface area contributed by atoms with Gasteiger partial charge in [-0.3, -0.25) is 4.72 Å². The molecule has 0 aliphatic carbocycles. The number of hydrogen-bond donors (Lipinski definition) is 1. The van der Waals surface area contributed by atoms with Gasteiger partial charge in [-0.25, -0.2) is 8.42 Å². The summed E-state index contributed by atoms with van der Waals surface area (Å²) in [6.07, 6.45) is 1.82. The lowest BCUT2D eigenvalue weighted by atomic mass is 10.2. The molecule has 68 valence electrons. The lowest BCUT2D eigenvalue weighted by Crippen LogP contribution is -2.25. The molecule has 1 aliphatic heterocycles. The van der Waals surface area contributed by atoms with Crippen LogP contribution >= 0.6 is 0 Å². The summed E-state index contributed by atoms with van der Waals surface area (Å²) < 4.78 is 25.5. The number of allylic oxidation sites excluding steroid dienone is 1. The first-order chi connectivity index (χ1) is 6.09. The van der Waals surface area contributed by atoms with E-state index in [0.29, 0.717) is 10.6 Å². The zero-order valence-electron chi connectivity index (χ0n) is 7.11. The van der Waals surface area contributed by atoms with Crippen molar-refractivity contribution in [3.05, 3.63) is 35.5 Å². The molecule has 1 aliphatic rings. The Morgan fingerprint density at radius 2 is 1.92 bits per heavy atom. The van der Waals surface area contributed by atoms with Crippen LogP contribution in [-0.2, 0) is 10.0 Å². The topological polar surface area (TPSA) is 46.2 Å². The minimum absolute atomic E-state index is 0.348. The Labute approximate surface area is 77.1 Å². The van der Waals surface area contributed by atoms with Gasteiger partial charge in [0.15, 0.2) is 0 Å². The molecule has 0 saturated carbocycles. The van der Waals surface area contributed by atoms with Crippen LogP contribution in [0.1, 0.15) is 12.5 Å². The van der Waals surface area contributed by atoms with Crippen molar-refractivity contribution in [2.24, 2.45) is 0 Å². The SMILES string of the molecule is CC1=Cc2ccccc2S(=O)(=O)N1. The molecular formula is C9H9NO2S. The normalized spacial score (nSPS) is 18.4. The molecule has 0 fully saturated rings. The quantitative estimate of drug-likeness (QED) is 0.679. The summed E-state index contributed by atoms with van der Waals surface area (Å²) in [7, 11) is -3.31. The van der Waals surface area contributed by atoms with Crippen LogP contribution in [-0.4, -0.2) is 8.42 Å². The molecular weight excluding hydrogens is 186 g/mol. The van der Waals surface area contributed by atoms with E-state index in [1.54, 1.807) is 25.1 Å². The third kappa shape index (κ3) is 1.33. The van der Waals surface area contributed by atoms with E-state index >= 15 is 0 Å². The van der Waals surface area contributed by atoms with E-state index in [4.69, 9.17) is 0 Å². The van der Waals surface area contributed by atoms with Gasteiger partial charge in [-0.1, -0.05) is 18.2 Å². The first-order valence-corrected chi connectivity index (χ1v) is 5.38. The number of benzene rings is 1. The smallest absolute Gasteiger partial charge is 0.262 e. The maximum absolute atomic E-state index is 11.5. The Hall–Kier alpha value is -1.29. The third-order valence-electron chi connectivity index (χ3n) is 1.88. The second-order valence-corrected chi connectivity index (χ2v) is 4.62. The Kier molecular flexibility index (Phi) is 1.66. The molecule has 1 aromatic rings. The molecule has 0 spiro atoms. The standard InChI is InChI=1S/C9H9NO2S/c1-7-6-8-4-2-3-5-9(8)13(11,12)10-7/h2-6,10H,1H3. The molecule has 0 atom stereocenters. The van der Waals surface area contributed by atoms with Crippen LogP contribution in [0.5, 0.6) is 0 Å². The number of fused-ring (bicyclic) bond motifs is 1. The monoisotopic (exact) mass is 195 g/mol. The van der Waals surface area contributed by atoms with Crippen molar-refractivity contribution in [2.75, 3.05) is 0 Å². The van der Waals surface area contributed by atoms with Crippen molar-refractivity contribution < 1.29 is 8.42 Å². The molecule has 0 aromatic heterocycles. The molecule has 1 aromatic carbocycles. The largest absolute Gasteiger partial charge is 0.284 e. The summed E-state index contributed by atoms with van der Waals surface area (Å²) in [6.45, 7) is 1.73. The van der Waals surface area contributed by atoms with E-state index in [9.17, 15) is 8.42 Å². The van der Waals surface area contributed by atoms with E-state index < -0.39 is 10.0 Å². The van der Waals surface area contributed by atoms with Crippen molar-refractivity contribution in [3.8, 4) is 0 Å². The van der Waals surface area contributed by atoms with Gasteiger partial charge in [-0.05, 0) is 24.6 Å².